The molecule has 0 spiro atoms. The first-order valence-corrected chi connectivity index (χ1v) is 5.22. The van der Waals surface area contributed by atoms with Crippen LogP contribution in [0.3, 0.4) is 0 Å². The van der Waals surface area contributed by atoms with Crippen LogP contribution >= 0.6 is 0 Å². The monoisotopic (exact) mass is 217 g/mol. The first kappa shape index (κ1) is 10.7. The van der Waals surface area contributed by atoms with E-state index in [9.17, 15) is 9.90 Å². The Hall–Kier alpha value is -1.84. The first-order chi connectivity index (χ1) is 7.58. The number of carbonyl (C=O) groups excluding carboxylic acids is 1. The number of carbonyl (C=O) groups is 1. The van der Waals surface area contributed by atoms with Crippen molar-refractivity contribution in [3.05, 3.63) is 29.3 Å². The van der Waals surface area contributed by atoms with Gasteiger partial charge in [-0.2, -0.15) is 5.10 Å². The fourth-order valence-corrected chi connectivity index (χ4v) is 1.81. The number of hydrazone groups is 1. The van der Waals surface area contributed by atoms with Crippen molar-refractivity contribution in [3.8, 4) is 5.75 Å². The predicted octanol–water partition coefficient (Wildman–Crippen LogP) is 2.00. The van der Waals surface area contributed by atoms with Gasteiger partial charge in [0.1, 0.15) is 0 Å². The van der Waals surface area contributed by atoms with Crippen molar-refractivity contribution in [3.63, 3.8) is 0 Å². The number of hydrogen-bond donors (Lipinski definition) is 1. The SMILES string of the molecule is Cc1cc(C2=NNC(=O)CC2C)ccc1[O]. The molecule has 1 aromatic carbocycles. The molecule has 0 bridgehead atoms. The van der Waals surface area contributed by atoms with Gasteiger partial charge in [0.2, 0.25) is 5.91 Å². The predicted molar refractivity (Wildman–Crippen MR) is 59.8 cm³/mol. The van der Waals surface area contributed by atoms with Crippen LogP contribution in [-0.2, 0) is 9.90 Å². The van der Waals surface area contributed by atoms with Crippen LogP contribution in [0.4, 0.5) is 0 Å². The Morgan fingerprint density at radius 3 is 2.81 bits per heavy atom. The maximum atomic E-state index is 11.3. The van der Waals surface area contributed by atoms with Crippen molar-refractivity contribution in [2.75, 3.05) is 0 Å². The summed E-state index contributed by atoms with van der Waals surface area (Å²) >= 11 is 0. The van der Waals surface area contributed by atoms with Crippen molar-refractivity contribution < 1.29 is 9.90 Å². The Morgan fingerprint density at radius 1 is 1.44 bits per heavy atom. The highest BCUT2D eigenvalue weighted by molar-refractivity contribution is 6.05. The Morgan fingerprint density at radius 2 is 2.19 bits per heavy atom. The topological polar surface area (TPSA) is 61.4 Å². The van der Waals surface area contributed by atoms with Gasteiger partial charge in [0, 0.05) is 12.3 Å². The van der Waals surface area contributed by atoms with E-state index >= 15 is 0 Å². The third-order valence-electron chi connectivity index (χ3n) is 2.73. The minimum Gasteiger partial charge on any atom is -0.290 e. The average molecular weight is 217 g/mol. The standard InChI is InChI=1S/C12H13N2O2/c1-7-5-9(3-4-10(7)15)12-8(2)6-11(16)13-14-12/h3-5,8H,6H2,1-2H3,(H,13,16). The number of hydrogen-bond acceptors (Lipinski definition) is 2. The van der Waals surface area contributed by atoms with Gasteiger partial charge in [0.05, 0.1) is 5.71 Å². The van der Waals surface area contributed by atoms with Gasteiger partial charge in [-0.05, 0) is 36.2 Å². The molecular weight excluding hydrogens is 204 g/mol. The third kappa shape index (κ3) is 1.91. The third-order valence-corrected chi connectivity index (χ3v) is 2.73. The van der Waals surface area contributed by atoms with Crippen molar-refractivity contribution in [2.24, 2.45) is 11.0 Å². The number of nitrogens with zero attached hydrogens (tertiary/aromatic N) is 1. The van der Waals surface area contributed by atoms with E-state index in [0.29, 0.717) is 12.0 Å². The minimum absolute atomic E-state index is 0.0249. The Bertz CT molecular complexity index is 466. The number of benzene rings is 1. The Kier molecular flexibility index (Phi) is 2.64. The molecule has 0 saturated carbocycles. The maximum absolute atomic E-state index is 11.3. The summed E-state index contributed by atoms with van der Waals surface area (Å²) in [6.07, 6.45) is 0.441. The van der Waals surface area contributed by atoms with E-state index in [0.717, 1.165) is 11.3 Å². The summed E-state index contributed by atoms with van der Waals surface area (Å²) < 4.78 is 0. The molecule has 0 aliphatic carbocycles. The van der Waals surface area contributed by atoms with Gasteiger partial charge in [-0.25, -0.2) is 5.43 Å². The van der Waals surface area contributed by atoms with Gasteiger partial charge in [-0.15, -0.1) is 0 Å². The lowest BCUT2D eigenvalue weighted by Gasteiger charge is -2.19. The molecule has 0 fully saturated rings. The highest BCUT2D eigenvalue weighted by Crippen LogP contribution is 2.22. The molecule has 83 valence electrons. The van der Waals surface area contributed by atoms with Gasteiger partial charge in [-0.3, -0.25) is 9.90 Å². The molecular formula is C12H13N2O2. The number of nitrogens with one attached hydrogen (secondary N) is 1. The van der Waals surface area contributed by atoms with E-state index < -0.39 is 0 Å². The van der Waals surface area contributed by atoms with Crippen LogP contribution in [-0.4, -0.2) is 11.6 Å². The summed E-state index contributed by atoms with van der Waals surface area (Å²) in [5.74, 6) is 0.0518. The molecule has 1 atom stereocenters. The van der Waals surface area contributed by atoms with Crippen LogP contribution in [0, 0.1) is 12.8 Å². The van der Waals surface area contributed by atoms with E-state index in [1.165, 1.54) is 6.07 Å². The van der Waals surface area contributed by atoms with Crippen molar-refractivity contribution in [1.82, 2.24) is 5.43 Å². The molecule has 1 aromatic rings. The molecule has 4 heteroatoms. The average Bonchev–Trinajstić information content (AvgIpc) is 2.22. The van der Waals surface area contributed by atoms with E-state index in [1.54, 1.807) is 13.0 Å². The van der Waals surface area contributed by atoms with Crippen molar-refractivity contribution in [2.45, 2.75) is 20.3 Å². The summed E-state index contributed by atoms with van der Waals surface area (Å²) in [7, 11) is 0. The minimum atomic E-state index is -0.0617. The molecule has 1 unspecified atom stereocenters. The van der Waals surface area contributed by atoms with Crippen LogP contribution < -0.4 is 5.43 Å². The highest BCUT2D eigenvalue weighted by atomic mass is 16.3. The lowest BCUT2D eigenvalue weighted by Crippen LogP contribution is -2.31. The normalized spacial score (nSPS) is 20.2. The molecule has 1 heterocycles. The van der Waals surface area contributed by atoms with Gasteiger partial charge in [0.15, 0.2) is 5.75 Å². The van der Waals surface area contributed by atoms with Crippen LogP contribution in [0.1, 0.15) is 24.5 Å². The molecule has 1 aliphatic rings. The van der Waals surface area contributed by atoms with Crippen molar-refractivity contribution >= 4 is 11.6 Å². The van der Waals surface area contributed by atoms with Crippen LogP contribution in [0.15, 0.2) is 23.3 Å². The highest BCUT2D eigenvalue weighted by Gasteiger charge is 2.21. The second-order valence-electron chi connectivity index (χ2n) is 4.12. The molecule has 1 aliphatic heterocycles. The molecule has 1 N–H and O–H groups in total. The first-order valence-electron chi connectivity index (χ1n) is 5.22. The van der Waals surface area contributed by atoms with Gasteiger partial charge in [0.25, 0.3) is 0 Å². The second kappa shape index (κ2) is 3.96. The quantitative estimate of drug-likeness (QED) is 0.768. The zero-order valence-electron chi connectivity index (χ0n) is 9.28. The van der Waals surface area contributed by atoms with E-state index in [-0.39, 0.29) is 17.6 Å². The van der Waals surface area contributed by atoms with E-state index in [4.69, 9.17) is 0 Å². The zero-order chi connectivity index (χ0) is 11.7. The fraction of sp³-hybridized carbons (Fsp3) is 0.333. The van der Waals surface area contributed by atoms with Gasteiger partial charge in [-0.1, -0.05) is 6.92 Å². The smallest absolute Gasteiger partial charge is 0.240 e. The number of aryl methyl sites for hydroxylation is 1. The molecule has 1 radical (unpaired) electrons. The van der Waals surface area contributed by atoms with Gasteiger partial charge >= 0.3 is 0 Å². The summed E-state index contributed by atoms with van der Waals surface area (Å²) in [4.78, 5) is 11.1. The Balaban J connectivity index is 2.37. The van der Waals surface area contributed by atoms with Crippen LogP contribution in [0.2, 0.25) is 0 Å². The van der Waals surface area contributed by atoms with Crippen LogP contribution in [0.25, 0.3) is 0 Å². The van der Waals surface area contributed by atoms with Crippen molar-refractivity contribution in [1.29, 1.82) is 0 Å². The summed E-state index contributed by atoms with van der Waals surface area (Å²) in [5, 5.41) is 15.3. The summed E-state index contributed by atoms with van der Waals surface area (Å²) in [5.41, 5.74) is 4.91. The lowest BCUT2D eigenvalue weighted by molar-refractivity contribution is -0.121. The van der Waals surface area contributed by atoms with Crippen LogP contribution in [0.5, 0.6) is 5.75 Å². The fourth-order valence-electron chi connectivity index (χ4n) is 1.81. The number of amides is 1. The Labute approximate surface area is 94.0 Å². The zero-order valence-corrected chi connectivity index (χ0v) is 9.28. The number of rotatable bonds is 1. The largest absolute Gasteiger partial charge is 0.290 e. The van der Waals surface area contributed by atoms with E-state index in [2.05, 4.69) is 10.5 Å². The maximum Gasteiger partial charge on any atom is 0.240 e. The summed E-state index contributed by atoms with van der Waals surface area (Å²) in [6, 6.07) is 5.10. The molecule has 2 rings (SSSR count). The molecule has 4 nitrogen and oxygen atoms in total. The molecule has 0 aromatic heterocycles. The van der Waals surface area contributed by atoms with Gasteiger partial charge < -0.3 is 0 Å². The van der Waals surface area contributed by atoms with E-state index in [1.807, 2.05) is 13.0 Å². The second-order valence-corrected chi connectivity index (χ2v) is 4.12. The molecule has 16 heavy (non-hydrogen) atoms. The molecule has 1 amide bonds. The summed E-state index contributed by atoms with van der Waals surface area (Å²) in [6.45, 7) is 3.73. The molecule has 0 saturated heterocycles. The lowest BCUT2D eigenvalue weighted by atomic mass is 9.93.